The van der Waals surface area contributed by atoms with Crippen molar-refractivity contribution in [2.24, 2.45) is 0 Å². The summed E-state index contributed by atoms with van der Waals surface area (Å²) in [6, 6.07) is 0. The Labute approximate surface area is 63.2 Å². The molecule has 0 atom stereocenters. The van der Waals surface area contributed by atoms with Crippen LogP contribution in [-0.2, 0) is 0 Å². The zero-order chi connectivity index (χ0) is 7.56. The molecule has 0 radical (unpaired) electrons. The molecule has 1 aliphatic rings. The van der Waals surface area contributed by atoms with Crippen molar-refractivity contribution >= 4 is 0 Å². The summed E-state index contributed by atoms with van der Waals surface area (Å²) in [6.07, 6.45) is 0. The maximum absolute atomic E-state index is 2.36. The molecule has 10 heavy (non-hydrogen) atoms. The molecular weight excluding hydrogens is 126 g/mol. The molecule has 0 saturated carbocycles. The Morgan fingerprint density at radius 3 is 1.90 bits per heavy atom. The second-order valence-corrected chi connectivity index (χ2v) is 3.10. The van der Waals surface area contributed by atoms with Crippen LogP contribution < -0.4 is 0 Å². The molecular formula is C7H17N3. The molecule has 0 spiro atoms. The van der Waals surface area contributed by atoms with Crippen LogP contribution in [0.1, 0.15) is 0 Å². The highest BCUT2D eigenvalue weighted by Crippen LogP contribution is 1.99. The minimum Gasteiger partial charge on any atom is -0.304 e. The van der Waals surface area contributed by atoms with Crippen LogP contribution >= 0.6 is 0 Å². The molecule has 3 nitrogen and oxygen atoms in total. The number of hydrogen-bond acceptors (Lipinski definition) is 3. The molecule has 0 unspecified atom stereocenters. The summed E-state index contributed by atoms with van der Waals surface area (Å²) in [6.45, 7) is 4.73. The molecule has 0 aliphatic carbocycles. The summed E-state index contributed by atoms with van der Waals surface area (Å²) >= 11 is 0. The van der Waals surface area contributed by atoms with E-state index < -0.39 is 0 Å². The molecule has 0 aromatic heterocycles. The third-order valence-electron chi connectivity index (χ3n) is 2.05. The van der Waals surface area contributed by atoms with Gasteiger partial charge >= 0.3 is 0 Å². The Morgan fingerprint density at radius 1 is 1.00 bits per heavy atom. The molecule has 0 N–H and O–H groups in total. The Hall–Kier alpha value is -0.120. The minimum absolute atomic E-state index is 1.17. The first-order valence-electron chi connectivity index (χ1n) is 3.81. The maximum Gasteiger partial charge on any atom is 0.0261 e. The van der Waals surface area contributed by atoms with Gasteiger partial charge in [0.05, 0.1) is 0 Å². The molecule has 1 saturated heterocycles. The number of rotatable bonds is 1. The van der Waals surface area contributed by atoms with Gasteiger partial charge in [0.25, 0.3) is 0 Å². The molecule has 1 rings (SSSR count). The molecule has 0 aromatic carbocycles. The van der Waals surface area contributed by atoms with Crippen molar-refractivity contribution in [2.75, 3.05) is 47.3 Å². The lowest BCUT2D eigenvalue weighted by Gasteiger charge is -2.36. The fourth-order valence-electron chi connectivity index (χ4n) is 1.20. The van der Waals surface area contributed by atoms with Crippen LogP contribution in [0.3, 0.4) is 0 Å². The van der Waals surface area contributed by atoms with Gasteiger partial charge in [0, 0.05) is 40.3 Å². The van der Waals surface area contributed by atoms with Crippen molar-refractivity contribution in [1.29, 1.82) is 0 Å². The van der Waals surface area contributed by atoms with Crippen molar-refractivity contribution < 1.29 is 0 Å². The molecule has 0 aromatic rings. The Morgan fingerprint density at radius 2 is 1.50 bits per heavy atom. The fourth-order valence-corrected chi connectivity index (χ4v) is 1.20. The quantitative estimate of drug-likeness (QED) is 0.499. The molecule has 1 aliphatic heterocycles. The van der Waals surface area contributed by atoms with Crippen LogP contribution in [0.25, 0.3) is 0 Å². The minimum atomic E-state index is 1.17. The predicted molar refractivity (Wildman–Crippen MR) is 42.8 cm³/mol. The van der Waals surface area contributed by atoms with Gasteiger partial charge in [0.15, 0.2) is 0 Å². The zero-order valence-electron chi connectivity index (χ0n) is 7.17. The van der Waals surface area contributed by atoms with E-state index >= 15 is 0 Å². The van der Waals surface area contributed by atoms with Crippen LogP contribution in [0.2, 0.25) is 0 Å². The van der Waals surface area contributed by atoms with Crippen LogP contribution in [0.4, 0.5) is 0 Å². The van der Waals surface area contributed by atoms with Gasteiger partial charge in [-0.05, 0) is 7.05 Å². The molecule has 0 amide bonds. The summed E-state index contributed by atoms with van der Waals surface area (Å²) in [5, 5.41) is 4.53. The third kappa shape index (κ3) is 1.94. The Bertz CT molecular complexity index is 95.0. The van der Waals surface area contributed by atoms with Crippen molar-refractivity contribution in [3.8, 4) is 0 Å². The first-order valence-corrected chi connectivity index (χ1v) is 3.81. The summed E-state index contributed by atoms with van der Waals surface area (Å²) in [7, 11) is 6.38. The number of piperazine rings is 1. The highest BCUT2D eigenvalue weighted by atomic mass is 15.6. The number of hydrogen-bond donors (Lipinski definition) is 0. The van der Waals surface area contributed by atoms with Gasteiger partial charge in [-0.3, -0.25) is 0 Å². The lowest BCUT2D eigenvalue weighted by molar-refractivity contribution is -0.0128. The van der Waals surface area contributed by atoms with Crippen LogP contribution in [0.15, 0.2) is 0 Å². The van der Waals surface area contributed by atoms with E-state index in [4.69, 9.17) is 0 Å². The van der Waals surface area contributed by atoms with Crippen molar-refractivity contribution in [3.63, 3.8) is 0 Å². The lowest BCUT2D eigenvalue weighted by Crippen LogP contribution is -2.49. The predicted octanol–water partition coefficient (Wildman–Crippen LogP) is -0.290. The number of hydrazine groups is 1. The number of nitrogens with zero attached hydrogens (tertiary/aromatic N) is 3. The van der Waals surface area contributed by atoms with E-state index in [0.717, 1.165) is 0 Å². The fraction of sp³-hybridized carbons (Fsp3) is 1.00. The average molecular weight is 143 g/mol. The van der Waals surface area contributed by atoms with Crippen molar-refractivity contribution in [2.45, 2.75) is 0 Å². The topological polar surface area (TPSA) is 9.72 Å². The maximum atomic E-state index is 2.36. The second kappa shape index (κ2) is 3.32. The van der Waals surface area contributed by atoms with Gasteiger partial charge in [-0.15, -0.1) is 0 Å². The third-order valence-corrected chi connectivity index (χ3v) is 2.05. The Kier molecular flexibility index (Phi) is 2.65. The van der Waals surface area contributed by atoms with Crippen LogP contribution in [0, 0.1) is 0 Å². The molecule has 1 heterocycles. The molecule has 3 heteroatoms. The number of likely N-dealkylation sites (N-methyl/N-ethyl adjacent to an activating group) is 1. The summed E-state index contributed by atoms with van der Waals surface area (Å²) < 4.78 is 0. The van der Waals surface area contributed by atoms with Crippen molar-refractivity contribution in [1.82, 2.24) is 14.9 Å². The molecule has 60 valence electrons. The van der Waals surface area contributed by atoms with E-state index in [1.54, 1.807) is 0 Å². The van der Waals surface area contributed by atoms with Crippen LogP contribution in [0.5, 0.6) is 0 Å². The van der Waals surface area contributed by atoms with E-state index in [1.807, 2.05) is 0 Å². The largest absolute Gasteiger partial charge is 0.304 e. The van der Waals surface area contributed by atoms with E-state index in [2.05, 4.69) is 36.1 Å². The second-order valence-electron chi connectivity index (χ2n) is 3.10. The van der Waals surface area contributed by atoms with Gasteiger partial charge in [-0.1, -0.05) is 0 Å². The summed E-state index contributed by atoms with van der Waals surface area (Å²) in [5.74, 6) is 0. The standard InChI is InChI=1S/C7H17N3/c1-8(2)10-6-4-9(3)5-7-10/h4-7H2,1-3H3. The normalized spacial score (nSPS) is 24.0. The first-order chi connectivity index (χ1) is 4.70. The van der Waals surface area contributed by atoms with E-state index in [-0.39, 0.29) is 0 Å². The van der Waals surface area contributed by atoms with Crippen molar-refractivity contribution in [3.05, 3.63) is 0 Å². The van der Waals surface area contributed by atoms with Gasteiger partial charge in [0.2, 0.25) is 0 Å². The molecule has 1 fully saturated rings. The van der Waals surface area contributed by atoms with Crippen LogP contribution in [-0.4, -0.2) is 62.2 Å². The zero-order valence-corrected chi connectivity index (χ0v) is 7.17. The molecule has 0 bridgehead atoms. The van der Waals surface area contributed by atoms with E-state index in [9.17, 15) is 0 Å². The van der Waals surface area contributed by atoms with E-state index in [0.29, 0.717) is 0 Å². The lowest BCUT2D eigenvalue weighted by atomic mass is 10.4. The first kappa shape index (κ1) is 7.98. The van der Waals surface area contributed by atoms with Gasteiger partial charge in [-0.25, -0.2) is 10.0 Å². The summed E-state index contributed by atoms with van der Waals surface area (Å²) in [4.78, 5) is 2.36. The smallest absolute Gasteiger partial charge is 0.0261 e. The SMILES string of the molecule is CN1CCN(N(C)C)CC1. The highest BCUT2D eigenvalue weighted by Gasteiger charge is 2.14. The summed E-state index contributed by atoms with van der Waals surface area (Å²) in [5.41, 5.74) is 0. The van der Waals surface area contributed by atoms with Gasteiger partial charge in [0.1, 0.15) is 0 Å². The Balaban J connectivity index is 2.26. The monoisotopic (exact) mass is 143 g/mol. The van der Waals surface area contributed by atoms with E-state index in [1.165, 1.54) is 26.2 Å². The average Bonchev–Trinajstić information content (AvgIpc) is 1.88. The van der Waals surface area contributed by atoms with Gasteiger partial charge < -0.3 is 4.90 Å². The highest BCUT2D eigenvalue weighted by molar-refractivity contribution is 4.65. The van der Waals surface area contributed by atoms with Gasteiger partial charge in [-0.2, -0.15) is 0 Å².